The number of guanidine groups is 1. The first-order valence-corrected chi connectivity index (χ1v) is 11.1. The van der Waals surface area contributed by atoms with Crippen LogP contribution in [0.15, 0.2) is 29.4 Å². The number of fused-ring (bicyclic) bond motifs is 1. The fraction of sp³-hybridized carbons (Fsp3) is 0.522. The van der Waals surface area contributed by atoms with Crippen molar-refractivity contribution in [3.8, 4) is 0 Å². The first kappa shape index (κ1) is 26.0. The van der Waals surface area contributed by atoms with Gasteiger partial charge in [0.2, 0.25) is 0 Å². The number of amides is 3. The summed E-state index contributed by atoms with van der Waals surface area (Å²) in [4.78, 5) is 33.5. The maximum absolute atomic E-state index is 12.4. The largest absolute Gasteiger partial charge is 0.361 e. The molecule has 0 radical (unpaired) electrons. The number of nitrogens with one attached hydrogen (secondary N) is 4. The zero-order chi connectivity index (χ0) is 22.4. The van der Waals surface area contributed by atoms with E-state index in [1.54, 1.807) is 14.0 Å². The van der Waals surface area contributed by atoms with Crippen molar-refractivity contribution in [2.45, 2.75) is 52.0 Å². The van der Waals surface area contributed by atoms with Crippen LogP contribution in [0.4, 0.5) is 4.79 Å². The van der Waals surface area contributed by atoms with Gasteiger partial charge in [-0.25, -0.2) is 4.79 Å². The number of halogens is 1. The highest BCUT2D eigenvalue weighted by atomic mass is 127. The molecule has 9 heteroatoms. The van der Waals surface area contributed by atoms with Gasteiger partial charge in [-0.3, -0.25) is 14.7 Å². The van der Waals surface area contributed by atoms with Crippen molar-refractivity contribution in [3.63, 3.8) is 0 Å². The van der Waals surface area contributed by atoms with E-state index >= 15 is 0 Å². The van der Waals surface area contributed by atoms with Crippen LogP contribution in [0.2, 0.25) is 0 Å². The lowest BCUT2D eigenvalue weighted by molar-refractivity contribution is -0.130. The van der Waals surface area contributed by atoms with Gasteiger partial charge in [0.25, 0.3) is 5.91 Å². The Balaban J connectivity index is 0.00000363. The Kier molecular flexibility index (Phi) is 9.35. The number of carbonyl (C=O) groups is 2. The van der Waals surface area contributed by atoms with Crippen LogP contribution in [-0.2, 0) is 17.6 Å². The molecule has 32 heavy (non-hydrogen) atoms. The number of imide groups is 1. The third-order valence-electron chi connectivity index (χ3n) is 6.08. The number of rotatable bonds is 9. The highest BCUT2D eigenvalue weighted by molar-refractivity contribution is 14.0. The van der Waals surface area contributed by atoms with Crippen molar-refractivity contribution in [2.75, 3.05) is 26.7 Å². The fourth-order valence-corrected chi connectivity index (χ4v) is 3.95. The predicted molar refractivity (Wildman–Crippen MR) is 140 cm³/mol. The lowest BCUT2D eigenvalue weighted by Gasteiger charge is -2.19. The van der Waals surface area contributed by atoms with Gasteiger partial charge in [-0.05, 0) is 43.7 Å². The number of benzene rings is 1. The highest BCUT2D eigenvalue weighted by Crippen LogP contribution is 2.22. The fourth-order valence-electron chi connectivity index (χ4n) is 3.95. The van der Waals surface area contributed by atoms with Gasteiger partial charge in [0.1, 0.15) is 5.54 Å². The minimum Gasteiger partial charge on any atom is -0.361 e. The van der Waals surface area contributed by atoms with E-state index < -0.39 is 5.54 Å². The number of H-pyrrole nitrogens is 1. The second-order valence-corrected chi connectivity index (χ2v) is 8.11. The van der Waals surface area contributed by atoms with E-state index in [0.717, 1.165) is 19.4 Å². The molecule has 0 spiro atoms. The summed E-state index contributed by atoms with van der Waals surface area (Å²) in [5, 5.41) is 10.6. The molecule has 8 nitrogen and oxygen atoms in total. The summed E-state index contributed by atoms with van der Waals surface area (Å²) in [6, 6.07) is 6.13. The molecule has 0 bridgehead atoms. The third-order valence-corrected chi connectivity index (χ3v) is 6.08. The standard InChI is InChI=1S/C23H34N6O2.HI/c1-5-16-9-7-10-18-17(15-27-19(16)18)11-13-26-21(24-4)25-12-8-14-29-20(30)23(3,6-2)28-22(29)31;/h7,9-10,15,27H,5-6,8,11-14H2,1-4H3,(H,28,31)(H2,24,25,26);1H. The Hall–Kier alpha value is -2.30. The van der Waals surface area contributed by atoms with Gasteiger partial charge in [-0.15, -0.1) is 24.0 Å². The monoisotopic (exact) mass is 554 g/mol. The lowest BCUT2D eigenvalue weighted by Crippen LogP contribution is -2.43. The SMILES string of the molecule is CCc1cccc2c(CCNC(=NC)NCCCN3C(=O)NC(C)(CC)C3=O)c[nH]c12.I. The van der Waals surface area contributed by atoms with Gasteiger partial charge in [-0.1, -0.05) is 32.0 Å². The number of aromatic amines is 1. The predicted octanol–water partition coefficient (Wildman–Crippen LogP) is 3.17. The van der Waals surface area contributed by atoms with E-state index in [1.165, 1.54) is 26.9 Å². The minimum absolute atomic E-state index is 0. The van der Waals surface area contributed by atoms with Crippen LogP contribution in [-0.4, -0.2) is 60.0 Å². The number of para-hydroxylation sites is 1. The Morgan fingerprint density at radius 2 is 1.91 bits per heavy atom. The van der Waals surface area contributed by atoms with Crippen LogP contribution in [0, 0.1) is 0 Å². The summed E-state index contributed by atoms with van der Waals surface area (Å²) >= 11 is 0. The van der Waals surface area contributed by atoms with Crippen molar-refractivity contribution in [1.82, 2.24) is 25.8 Å². The highest BCUT2D eigenvalue weighted by Gasteiger charge is 2.45. The van der Waals surface area contributed by atoms with Gasteiger partial charge in [0, 0.05) is 43.8 Å². The molecule has 0 aliphatic carbocycles. The van der Waals surface area contributed by atoms with Crippen molar-refractivity contribution >= 4 is 52.8 Å². The van der Waals surface area contributed by atoms with Crippen LogP contribution >= 0.6 is 24.0 Å². The number of aliphatic imine (C=N–C) groups is 1. The van der Waals surface area contributed by atoms with Crippen LogP contribution in [0.1, 0.15) is 44.7 Å². The van der Waals surface area contributed by atoms with Crippen molar-refractivity contribution in [1.29, 1.82) is 0 Å². The number of urea groups is 1. The van der Waals surface area contributed by atoms with E-state index in [-0.39, 0.29) is 35.9 Å². The molecular formula is C23H35IN6O2. The molecule has 1 saturated heterocycles. The lowest BCUT2D eigenvalue weighted by atomic mass is 9.99. The number of hydrogen-bond donors (Lipinski definition) is 4. The summed E-state index contributed by atoms with van der Waals surface area (Å²) in [5.74, 6) is 0.567. The van der Waals surface area contributed by atoms with E-state index in [0.29, 0.717) is 31.9 Å². The summed E-state index contributed by atoms with van der Waals surface area (Å²) < 4.78 is 0. The van der Waals surface area contributed by atoms with Gasteiger partial charge >= 0.3 is 6.03 Å². The number of nitrogens with zero attached hydrogens (tertiary/aromatic N) is 2. The molecule has 0 saturated carbocycles. The summed E-state index contributed by atoms with van der Waals surface area (Å²) in [6.07, 6.45) is 5.21. The van der Waals surface area contributed by atoms with Crippen LogP contribution in [0.25, 0.3) is 10.9 Å². The first-order chi connectivity index (χ1) is 14.9. The summed E-state index contributed by atoms with van der Waals surface area (Å²) in [7, 11) is 1.73. The minimum atomic E-state index is -0.775. The molecule has 1 aliphatic rings. The van der Waals surface area contributed by atoms with Crippen LogP contribution < -0.4 is 16.0 Å². The summed E-state index contributed by atoms with van der Waals surface area (Å²) in [6.45, 7) is 7.60. The molecule has 4 N–H and O–H groups in total. The second-order valence-electron chi connectivity index (χ2n) is 8.11. The maximum atomic E-state index is 12.4. The van der Waals surface area contributed by atoms with Crippen molar-refractivity contribution in [3.05, 3.63) is 35.5 Å². The van der Waals surface area contributed by atoms with Gasteiger partial charge in [0.05, 0.1) is 0 Å². The zero-order valence-electron chi connectivity index (χ0n) is 19.4. The van der Waals surface area contributed by atoms with Gasteiger partial charge in [-0.2, -0.15) is 0 Å². The Morgan fingerprint density at radius 3 is 2.56 bits per heavy atom. The molecular weight excluding hydrogens is 519 g/mol. The number of carbonyl (C=O) groups excluding carboxylic acids is 2. The molecule has 1 aromatic heterocycles. The smallest absolute Gasteiger partial charge is 0.325 e. The molecule has 1 atom stereocenters. The van der Waals surface area contributed by atoms with E-state index in [1.807, 2.05) is 6.92 Å². The second kappa shape index (κ2) is 11.5. The molecule has 1 aliphatic heterocycles. The van der Waals surface area contributed by atoms with Gasteiger partial charge < -0.3 is 20.9 Å². The number of hydrogen-bond acceptors (Lipinski definition) is 3. The number of aromatic nitrogens is 1. The zero-order valence-corrected chi connectivity index (χ0v) is 21.7. The number of aryl methyl sites for hydroxylation is 1. The average Bonchev–Trinajstić information content (AvgIpc) is 3.28. The normalized spacial score (nSPS) is 18.6. The Bertz CT molecular complexity index is 973. The molecule has 2 heterocycles. The van der Waals surface area contributed by atoms with E-state index in [4.69, 9.17) is 0 Å². The topological polar surface area (TPSA) is 102 Å². The molecule has 1 unspecified atom stereocenters. The van der Waals surface area contributed by atoms with Crippen molar-refractivity contribution < 1.29 is 9.59 Å². The summed E-state index contributed by atoms with van der Waals surface area (Å²) in [5.41, 5.74) is 3.06. The Labute approximate surface area is 207 Å². The van der Waals surface area contributed by atoms with Crippen LogP contribution in [0.3, 0.4) is 0 Å². The maximum Gasteiger partial charge on any atom is 0.325 e. The average molecular weight is 554 g/mol. The van der Waals surface area contributed by atoms with E-state index in [9.17, 15) is 9.59 Å². The quantitative estimate of drug-likeness (QED) is 0.126. The van der Waals surface area contributed by atoms with E-state index in [2.05, 4.69) is 57.2 Å². The molecule has 3 rings (SSSR count). The third kappa shape index (κ3) is 5.54. The Morgan fingerprint density at radius 1 is 1.16 bits per heavy atom. The molecule has 1 aromatic carbocycles. The van der Waals surface area contributed by atoms with Gasteiger partial charge in [0.15, 0.2) is 5.96 Å². The molecule has 176 valence electrons. The molecule has 3 amide bonds. The van der Waals surface area contributed by atoms with Crippen molar-refractivity contribution in [2.24, 2.45) is 4.99 Å². The first-order valence-electron chi connectivity index (χ1n) is 11.1. The molecule has 2 aromatic rings. The van der Waals surface area contributed by atoms with Crippen LogP contribution in [0.5, 0.6) is 0 Å². The molecule has 1 fully saturated rings.